The summed E-state index contributed by atoms with van der Waals surface area (Å²) in [5.41, 5.74) is 1.65. The fourth-order valence-corrected chi connectivity index (χ4v) is 4.80. The molecule has 0 radical (unpaired) electrons. The van der Waals surface area contributed by atoms with Gasteiger partial charge >= 0.3 is 0 Å². The van der Waals surface area contributed by atoms with Crippen LogP contribution >= 0.6 is 11.3 Å². The molecule has 1 N–H and O–H groups in total. The van der Waals surface area contributed by atoms with Crippen LogP contribution in [0.25, 0.3) is 0 Å². The molecule has 0 saturated carbocycles. The Morgan fingerprint density at radius 1 is 1.03 bits per heavy atom. The summed E-state index contributed by atoms with van der Waals surface area (Å²) in [6.07, 6.45) is 1.93. The van der Waals surface area contributed by atoms with E-state index >= 15 is 0 Å². The Morgan fingerprint density at radius 3 is 2.51 bits per heavy atom. The Kier molecular flexibility index (Phi) is 7.87. The van der Waals surface area contributed by atoms with Gasteiger partial charge in [-0.25, -0.2) is 0 Å². The van der Waals surface area contributed by atoms with Gasteiger partial charge in [-0.3, -0.25) is 9.59 Å². The zero-order chi connectivity index (χ0) is 24.8. The van der Waals surface area contributed by atoms with Crippen LogP contribution in [0.2, 0.25) is 0 Å². The predicted octanol–water partition coefficient (Wildman–Crippen LogP) is 6.10. The summed E-state index contributed by atoms with van der Waals surface area (Å²) in [5, 5.41) is 12.7. The first kappa shape index (κ1) is 24.5. The maximum atomic E-state index is 13.5. The van der Waals surface area contributed by atoms with E-state index in [1.54, 1.807) is 23.6 Å². The Morgan fingerprint density at radius 2 is 1.83 bits per heavy atom. The molecule has 0 fully saturated rings. The fraction of sp³-hybridized carbons (Fsp3) is 0.286. The number of aliphatic hydroxyl groups is 1. The zero-order valence-corrected chi connectivity index (χ0v) is 20.7. The monoisotopic (exact) mass is 491 g/mol. The van der Waals surface area contributed by atoms with Crippen LogP contribution in [0.3, 0.4) is 0 Å². The van der Waals surface area contributed by atoms with Gasteiger partial charge in [0.25, 0.3) is 5.91 Å². The van der Waals surface area contributed by atoms with Gasteiger partial charge in [0, 0.05) is 6.54 Å². The van der Waals surface area contributed by atoms with Crippen molar-refractivity contribution in [2.45, 2.75) is 39.3 Å². The number of ether oxygens (including phenoxy) is 2. The van der Waals surface area contributed by atoms with E-state index < -0.39 is 17.7 Å². The number of hydrogen-bond acceptors (Lipinski definition) is 6. The highest BCUT2D eigenvalue weighted by atomic mass is 32.1. The Labute approximate surface area is 209 Å². The van der Waals surface area contributed by atoms with Gasteiger partial charge < -0.3 is 19.5 Å². The summed E-state index contributed by atoms with van der Waals surface area (Å²) >= 11 is 1.28. The number of ketones is 1. The molecule has 7 heteroatoms. The first-order valence-electron chi connectivity index (χ1n) is 11.8. The summed E-state index contributed by atoms with van der Waals surface area (Å²) in [6.45, 7) is 5.24. The number of hydrogen-bond donors (Lipinski definition) is 1. The van der Waals surface area contributed by atoms with Crippen LogP contribution in [-0.4, -0.2) is 34.9 Å². The molecule has 1 aliphatic heterocycles. The molecule has 1 unspecified atom stereocenters. The van der Waals surface area contributed by atoms with Crippen molar-refractivity contribution in [2.75, 3.05) is 13.2 Å². The second-order valence-corrected chi connectivity index (χ2v) is 9.18. The highest BCUT2D eigenvalue weighted by Crippen LogP contribution is 2.42. The molecule has 2 heterocycles. The van der Waals surface area contributed by atoms with Gasteiger partial charge in [0.05, 0.1) is 29.7 Å². The standard InChI is InChI=1S/C28H29NO5S/c1-3-5-15-34-21-14-13-20(17-22(21)33-4-2)25-24(26(30)23-12-9-16-35-23)27(31)28(32)29(25)18-19-10-7-6-8-11-19/h6-14,16-17,25,31H,3-5,15,18H2,1-2H3. The van der Waals surface area contributed by atoms with Crippen LogP contribution in [0.1, 0.15) is 53.5 Å². The van der Waals surface area contributed by atoms with Crippen molar-refractivity contribution < 1.29 is 24.2 Å². The zero-order valence-electron chi connectivity index (χ0n) is 19.9. The molecule has 1 amide bonds. The van der Waals surface area contributed by atoms with Crippen LogP contribution in [0.5, 0.6) is 11.5 Å². The third-order valence-corrected chi connectivity index (χ3v) is 6.70. The molecule has 1 aromatic heterocycles. The first-order valence-corrected chi connectivity index (χ1v) is 12.7. The first-order chi connectivity index (χ1) is 17.0. The number of carbonyl (C=O) groups excluding carboxylic acids is 2. The van der Waals surface area contributed by atoms with E-state index in [-0.39, 0.29) is 17.9 Å². The minimum Gasteiger partial charge on any atom is -0.503 e. The molecular weight excluding hydrogens is 462 g/mol. The maximum Gasteiger partial charge on any atom is 0.290 e. The van der Waals surface area contributed by atoms with Gasteiger partial charge in [0.15, 0.2) is 17.3 Å². The molecule has 0 saturated heterocycles. The van der Waals surface area contributed by atoms with E-state index in [1.165, 1.54) is 16.2 Å². The van der Waals surface area contributed by atoms with Crippen LogP contribution in [0.15, 0.2) is 77.4 Å². The summed E-state index contributed by atoms with van der Waals surface area (Å²) in [5.74, 6) is -0.275. The van der Waals surface area contributed by atoms with E-state index in [2.05, 4.69) is 6.92 Å². The SMILES string of the molecule is CCCCOc1ccc(C2C(C(=O)c3cccs3)=C(O)C(=O)N2Cc2ccccc2)cc1OCC. The Hall–Kier alpha value is -3.58. The highest BCUT2D eigenvalue weighted by Gasteiger charge is 2.44. The summed E-state index contributed by atoms with van der Waals surface area (Å²) in [4.78, 5) is 28.7. The van der Waals surface area contributed by atoms with Crippen LogP contribution < -0.4 is 9.47 Å². The van der Waals surface area contributed by atoms with E-state index in [1.807, 2.05) is 49.4 Å². The number of Topliss-reactive ketones (excluding diaryl/α,β-unsaturated/α-hetero) is 1. The molecule has 1 aliphatic rings. The maximum absolute atomic E-state index is 13.5. The lowest BCUT2D eigenvalue weighted by atomic mass is 9.94. The normalized spacial score (nSPS) is 15.5. The lowest BCUT2D eigenvalue weighted by molar-refractivity contribution is -0.130. The number of thiophene rings is 1. The minimum absolute atomic E-state index is 0.0791. The fourth-order valence-electron chi connectivity index (χ4n) is 4.12. The molecule has 0 aliphatic carbocycles. The van der Waals surface area contributed by atoms with Crippen LogP contribution in [-0.2, 0) is 11.3 Å². The topological polar surface area (TPSA) is 76.1 Å². The van der Waals surface area contributed by atoms with Crippen molar-refractivity contribution in [3.63, 3.8) is 0 Å². The van der Waals surface area contributed by atoms with Crippen molar-refractivity contribution in [3.8, 4) is 11.5 Å². The van der Waals surface area contributed by atoms with Gasteiger partial charge in [0.1, 0.15) is 0 Å². The van der Waals surface area contributed by atoms with E-state index in [0.29, 0.717) is 35.2 Å². The van der Waals surface area contributed by atoms with Crippen molar-refractivity contribution in [1.29, 1.82) is 0 Å². The van der Waals surface area contributed by atoms with Crippen molar-refractivity contribution >= 4 is 23.0 Å². The third-order valence-electron chi connectivity index (χ3n) is 5.83. The average Bonchev–Trinajstić information content (AvgIpc) is 3.49. The largest absolute Gasteiger partial charge is 0.503 e. The predicted molar refractivity (Wildman–Crippen MR) is 136 cm³/mol. The van der Waals surface area contributed by atoms with Gasteiger partial charge in [-0.15, -0.1) is 11.3 Å². The molecule has 4 rings (SSSR count). The molecular formula is C28H29NO5S. The van der Waals surface area contributed by atoms with E-state index in [4.69, 9.17) is 9.47 Å². The van der Waals surface area contributed by atoms with Crippen molar-refractivity contribution in [3.05, 3.63) is 93.4 Å². The molecule has 1 atom stereocenters. The lowest BCUT2D eigenvalue weighted by Crippen LogP contribution is -2.30. The second kappa shape index (κ2) is 11.2. The van der Waals surface area contributed by atoms with E-state index in [0.717, 1.165) is 18.4 Å². The molecule has 3 aromatic rings. The number of rotatable bonds is 11. The Balaban J connectivity index is 1.77. The average molecular weight is 492 g/mol. The molecule has 6 nitrogen and oxygen atoms in total. The van der Waals surface area contributed by atoms with Crippen LogP contribution in [0, 0.1) is 0 Å². The minimum atomic E-state index is -0.763. The smallest absolute Gasteiger partial charge is 0.290 e. The van der Waals surface area contributed by atoms with Gasteiger partial charge in [0.2, 0.25) is 5.78 Å². The quantitative estimate of drug-likeness (QED) is 0.259. The van der Waals surface area contributed by atoms with Gasteiger partial charge in [-0.05, 0) is 48.1 Å². The van der Waals surface area contributed by atoms with Crippen LogP contribution in [0.4, 0.5) is 0 Å². The number of carbonyl (C=O) groups is 2. The van der Waals surface area contributed by atoms with E-state index in [9.17, 15) is 14.7 Å². The number of nitrogens with zero attached hydrogens (tertiary/aromatic N) is 1. The summed E-state index contributed by atoms with van der Waals surface area (Å²) in [7, 11) is 0. The number of benzene rings is 2. The number of aliphatic hydroxyl groups excluding tert-OH is 1. The van der Waals surface area contributed by atoms with Gasteiger partial charge in [-0.2, -0.15) is 0 Å². The summed E-state index contributed by atoms with van der Waals surface area (Å²) in [6, 6.07) is 17.7. The number of unbranched alkanes of at least 4 members (excludes halogenated alkanes) is 1. The van der Waals surface area contributed by atoms with Crippen molar-refractivity contribution in [1.82, 2.24) is 4.90 Å². The second-order valence-electron chi connectivity index (χ2n) is 8.23. The molecule has 2 aromatic carbocycles. The molecule has 182 valence electrons. The number of amides is 1. The lowest BCUT2D eigenvalue weighted by Gasteiger charge is -2.27. The van der Waals surface area contributed by atoms with Gasteiger partial charge in [-0.1, -0.05) is 55.8 Å². The molecule has 0 spiro atoms. The molecule has 0 bridgehead atoms. The summed E-state index contributed by atoms with van der Waals surface area (Å²) < 4.78 is 11.8. The molecule has 35 heavy (non-hydrogen) atoms. The van der Waals surface area contributed by atoms with Crippen molar-refractivity contribution in [2.24, 2.45) is 0 Å². The Bertz CT molecular complexity index is 1200. The third kappa shape index (κ3) is 5.25. The highest BCUT2D eigenvalue weighted by molar-refractivity contribution is 7.12.